The van der Waals surface area contributed by atoms with Crippen molar-refractivity contribution in [3.8, 4) is 11.3 Å². The molecule has 3 aromatic heterocycles. The van der Waals surface area contributed by atoms with Crippen LogP contribution < -0.4 is 0 Å². The lowest BCUT2D eigenvalue weighted by molar-refractivity contribution is 0.313. The van der Waals surface area contributed by atoms with Gasteiger partial charge in [0, 0.05) is 41.5 Å². The van der Waals surface area contributed by atoms with Gasteiger partial charge in [-0.1, -0.05) is 30.3 Å². The number of hydrogen-bond donors (Lipinski definition) is 0. The summed E-state index contributed by atoms with van der Waals surface area (Å²) in [6.45, 7) is 5.55. The Morgan fingerprint density at radius 3 is 2.69 bits per heavy atom. The SMILES string of the molecule is Cc1nn([C@H]2CCS(=O)(=O)C2)c(C)c1CN(C)Cc1c(-c2ccccc2)nc2sccn12. The Morgan fingerprint density at radius 2 is 1.97 bits per heavy atom. The van der Waals surface area contributed by atoms with E-state index >= 15 is 0 Å². The van der Waals surface area contributed by atoms with Crippen LogP contribution in [-0.2, 0) is 22.9 Å². The second kappa shape index (κ2) is 8.13. The van der Waals surface area contributed by atoms with Gasteiger partial charge >= 0.3 is 0 Å². The number of aryl methyl sites for hydroxylation is 1. The van der Waals surface area contributed by atoms with Crippen LogP contribution in [0.2, 0.25) is 0 Å². The van der Waals surface area contributed by atoms with Crippen LogP contribution in [0.25, 0.3) is 16.2 Å². The Kier molecular flexibility index (Phi) is 5.43. The summed E-state index contributed by atoms with van der Waals surface area (Å²) in [6.07, 6.45) is 2.73. The average molecular weight is 470 g/mol. The van der Waals surface area contributed by atoms with E-state index in [1.807, 2.05) is 29.8 Å². The lowest BCUT2D eigenvalue weighted by Crippen LogP contribution is -2.20. The largest absolute Gasteiger partial charge is 0.296 e. The molecule has 1 saturated heterocycles. The maximum atomic E-state index is 11.9. The molecule has 1 aliphatic rings. The van der Waals surface area contributed by atoms with Crippen LogP contribution in [0.5, 0.6) is 0 Å². The van der Waals surface area contributed by atoms with Gasteiger partial charge in [0.2, 0.25) is 0 Å². The maximum absolute atomic E-state index is 11.9. The first kappa shape index (κ1) is 21.4. The Morgan fingerprint density at radius 1 is 1.19 bits per heavy atom. The van der Waals surface area contributed by atoms with E-state index in [2.05, 4.69) is 47.0 Å². The van der Waals surface area contributed by atoms with Crippen molar-refractivity contribution in [1.29, 1.82) is 0 Å². The molecule has 1 aliphatic heterocycles. The number of nitrogens with zero attached hydrogens (tertiary/aromatic N) is 5. The smallest absolute Gasteiger partial charge is 0.194 e. The van der Waals surface area contributed by atoms with Gasteiger partial charge in [0.25, 0.3) is 0 Å². The minimum absolute atomic E-state index is 0.0531. The fourth-order valence-electron chi connectivity index (χ4n) is 4.64. The molecule has 4 heterocycles. The molecule has 0 saturated carbocycles. The van der Waals surface area contributed by atoms with Gasteiger partial charge in [-0.15, -0.1) is 11.3 Å². The zero-order chi connectivity index (χ0) is 22.5. The summed E-state index contributed by atoms with van der Waals surface area (Å²) in [5.41, 5.74) is 6.51. The molecule has 0 unspecified atom stereocenters. The highest BCUT2D eigenvalue weighted by Gasteiger charge is 2.31. The maximum Gasteiger partial charge on any atom is 0.194 e. The summed E-state index contributed by atoms with van der Waals surface area (Å²) in [6, 6.07) is 10.3. The van der Waals surface area contributed by atoms with E-state index in [4.69, 9.17) is 10.1 Å². The predicted molar refractivity (Wildman–Crippen MR) is 128 cm³/mol. The van der Waals surface area contributed by atoms with Crippen LogP contribution in [0.1, 0.15) is 35.1 Å². The quantitative estimate of drug-likeness (QED) is 0.429. The van der Waals surface area contributed by atoms with E-state index in [9.17, 15) is 8.42 Å². The normalized spacial score (nSPS) is 18.2. The van der Waals surface area contributed by atoms with Gasteiger partial charge in [-0.25, -0.2) is 13.4 Å². The van der Waals surface area contributed by atoms with E-state index in [1.54, 1.807) is 11.3 Å². The molecule has 1 atom stereocenters. The Bertz CT molecular complexity index is 1370. The zero-order valence-electron chi connectivity index (χ0n) is 18.5. The highest BCUT2D eigenvalue weighted by atomic mass is 32.2. The molecule has 0 spiro atoms. The van der Waals surface area contributed by atoms with Crippen LogP contribution >= 0.6 is 11.3 Å². The third kappa shape index (κ3) is 3.89. The number of hydrogen-bond acceptors (Lipinski definition) is 6. The van der Waals surface area contributed by atoms with Crippen molar-refractivity contribution in [2.75, 3.05) is 18.6 Å². The Labute approximate surface area is 192 Å². The number of imidazole rings is 1. The van der Waals surface area contributed by atoms with Gasteiger partial charge in [0.15, 0.2) is 14.8 Å². The molecule has 4 aromatic rings. The van der Waals surface area contributed by atoms with Crippen molar-refractivity contribution in [1.82, 2.24) is 24.1 Å². The lowest BCUT2D eigenvalue weighted by atomic mass is 10.1. The zero-order valence-corrected chi connectivity index (χ0v) is 20.2. The number of thiazole rings is 1. The highest BCUT2D eigenvalue weighted by Crippen LogP contribution is 2.30. The molecule has 0 bridgehead atoms. The van der Waals surface area contributed by atoms with Gasteiger partial charge in [0.1, 0.15) is 0 Å². The van der Waals surface area contributed by atoms with Gasteiger partial charge in [-0.3, -0.25) is 14.0 Å². The molecule has 7 nitrogen and oxygen atoms in total. The number of fused-ring (bicyclic) bond motifs is 1. The van der Waals surface area contributed by atoms with E-state index in [-0.39, 0.29) is 17.5 Å². The van der Waals surface area contributed by atoms with Gasteiger partial charge in [-0.2, -0.15) is 5.10 Å². The second-order valence-corrected chi connectivity index (χ2v) is 11.8. The van der Waals surface area contributed by atoms with Crippen LogP contribution in [0.15, 0.2) is 41.9 Å². The monoisotopic (exact) mass is 469 g/mol. The Balaban J connectivity index is 1.41. The third-order valence-electron chi connectivity index (χ3n) is 6.29. The molecule has 9 heteroatoms. The first-order valence-electron chi connectivity index (χ1n) is 10.8. The van der Waals surface area contributed by atoms with Crippen molar-refractivity contribution in [3.05, 3.63) is 64.6 Å². The van der Waals surface area contributed by atoms with Crippen LogP contribution in [0, 0.1) is 13.8 Å². The molecule has 0 N–H and O–H groups in total. The van der Waals surface area contributed by atoms with Crippen molar-refractivity contribution in [3.63, 3.8) is 0 Å². The van der Waals surface area contributed by atoms with Crippen LogP contribution in [0.4, 0.5) is 0 Å². The molecule has 1 aromatic carbocycles. The van der Waals surface area contributed by atoms with Crippen molar-refractivity contribution in [2.24, 2.45) is 0 Å². The summed E-state index contributed by atoms with van der Waals surface area (Å²) >= 11 is 1.64. The molecule has 32 heavy (non-hydrogen) atoms. The molecule has 0 aliphatic carbocycles. The molecule has 0 radical (unpaired) electrons. The number of sulfone groups is 1. The minimum atomic E-state index is -2.95. The molecule has 0 amide bonds. The number of aromatic nitrogens is 4. The van der Waals surface area contributed by atoms with Crippen molar-refractivity contribution >= 4 is 26.1 Å². The van der Waals surface area contributed by atoms with E-state index < -0.39 is 9.84 Å². The topological polar surface area (TPSA) is 72.5 Å². The molecule has 1 fully saturated rings. The molecule has 168 valence electrons. The first-order valence-corrected chi connectivity index (χ1v) is 13.5. The Hall–Kier alpha value is -2.49. The van der Waals surface area contributed by atoms with Gasteiger partial charge < -0.3 is 0 Å². The van der Waals surface area contributed by atoms with E-state index in [0.717, 1.165) is 40.7 Å². The fraction of sp³-hybridized carbons (Fsp3) is 0.391. The predicted octanol–water partition coefficient (Wildman–Crippen LogP) is 3.87. The summed E-state index contributed by atoms with van der Waals surface area (Å²) < 4.78 is 28.0. The minimum Gasteiger partial charge on any atom is -0.296 e. The molecular formula is C23H27N5O2S2. The first-order chi connectivity index (χ1) is 15.3. The highest BCUT2D eigenvalue weighted by molar-refractivity contribution is 7.91. The van der Waals surface area contributed by atoms with Gasteiger partial charge in [-0.05, 0) is 27.3 Å². The summed E-state index contributed by atoms with van der Waals surface area (Å²) in [4.78, 5) is 8.16. The lowest BCUT2D eigenvalue weighted by Gasteiger charge is -2.18. The summed E-state index contributed by atoms with van der Waals surface area (Å²) in [5.74, 6) is 0.446. The van der Waals surface area contributed by atoms with E-state index in [0.29, 0.717) is 6.42 Å². The van der Waals surface area contributed by atoms with Crippen LogP contribution in [-0.4, -0.2) is 51.0 Å². The molecular weight excluding hydrogens is 442 g/mol. The second-order valence-electron chi connectivity index (χ2n) is 8.65. The summed E-state index contributed by atoms with van der Waals surface area (Å²) in [5, 5.41) is 6.79. The van der Waals surface area contributed by atoms with Crippen molar-refractivity contribution < 1.29 is 8.42 Å². The number of rotatable bonds is 6. The van der Waals surface area contributed by atoms with E-state index in [1.165, 1.54) is 11.3 Å². The molecule has 5 rings (SSSR count). The van der Waals surface area contributed by atoms with Crippen LogP contribution in [0.3, 0.4) is 0 Å². The summed E-state index contributed by atoms with van der Waals surface area (Å²) in [7, 11) is -0.840. The third-order valence-corrected chi connectivity index (χ3v) is 8.79. The number of benzene rings is 1. The van der Waals surface area contributed by atoms with Gasteiger partial charge in [0.05, 0.1) is 34.6 Å². The fourth-order valence-corrected chi connectivity index (χ4v) is 7.07. The standard InChI is InChI=1S/C23H27N5O2S2/c1-16-20(17(2)28(25-16)19-9-12-32(29,30)15-19)13-26(3)14-21-22(18-7-5-4-6-8-18)24-23-27(21)10-11-31-23/h4-8,10-11,19H,9,12-15H2,1-3H3/t19-/m0/s1. The van der Waals surface area contributed by atoms with Crippen molar-refractivity contribution in [2.45, 2.75) is 39.4 Å². The average Bonchev–Trinajstić information content (AvgIpc) is 3.50.